The molecular formula is C15H14O3S. The summed E-state index contributed by atoms with van der Waals surface area (Å²) in [6, 6.07) is 9.71. The van der Waals surface area contributed by atoms with E-state index in [1.54, 1.807) is 17.4 Å². The van der Waals surface area contributed by atoms with Crippen LogP contribution in [0.3, 0.4) is 0 Å². The van der Waals surface area contributed by atoms with Crippen LogP contribution in [0.5, 0.6) is 5.75 Å². The molecule has 0 aliphatic heterocycles. The van der Waals surface area contributed by atoms with Gasteiger partial charge >= 0.3 is 5.97 Å². The van der Waals surface area contributed by atoms with Gasteiger partial charge in [-0.1, -0.05) is 18.2 Å². The van der Waals surface area contributed by atoms with Gasteiger partial charge in [-0.2, -0.15) is 0 Å². The highest BCUT2D eigenvalue weighted by molar-refractivity contribution is 7.10. The fourth-order valence-electron chi connectivity index (χ4n) is 1.64. The van der Waals surface area contributed by atoms with Gasteiger partial charge in [0.25, 0.3) is 0 Å². The van der Waals surface area contributed by atoms with Crippen molar-refractivity contribution in [2.75, 3.05) is 0 Å². The fourth-order valence-corrected chi connectivity index (χ4v) is 2.42. The van der Waals surface area contributed by atoms with Crippen molar-refractivity contribution in [2.24, 2.45) is 0 Å². The van der Waals surface area contributed by atoms with Crippen molar-refractivity contribution in [2.45, 2.75) is 13.5 Å². The predicted molar refractivity (Wildman–Crippen MR) is 76.5 cm³/mol. The number of hydrogen-bond acceptors (Lipinski definition) is 3. The largest absolute Gasteiger partial charge is 0.488 e. The lowest BCUT2D eigenvalue weighted by molar-refractivity contribution is -0.131. The van der Waals surface area contributed by atoms with Crippen LogP contribution in [-0.2, 0) is 11.4 Å². The normalized spacial score (nSPS) is 10.8. The van der Waals surface area contributed by atoms with E-state index >= 15 is 0 Å². The van der Waals surface area contributed by atoms with Crippen molar-refractivity contribution in [3.8, 4) is 5.75 Å². The Morgan fingerprint density at radius 3 is 2.89 bits per heavy atom. The van der Waals surface area contributed by atoms with Crippen molar-refractivity contribution >= 4 is 23.4 Å². The van der Waals surface area contributed by atoms with Crippen molar-refractivity contribution in [3.05, 3.63) is 57.8 Å². The molecule has 3 nitrogen and oxygen atoms in total. The van der Waals surface area contributed by atoms with E-state index in [0.717, 1.165) is 27.8 Å². The summed E-state index contributed by atoms with van der Waals surface area (Å²) in [4.78, 5) is 11.5. The maximum absolute atomic E-state index is 10.5. The van der Waals surface area contributed by atoms with Crippen LogP contribution in [-0.4, -0.2) is 11.1 Å². The quantitative estimate of drug-likeness (QED) is 0.845. The molecule has 0 amide bonds. The van der Waals surface area contributed by atoms with E-state index in [4.69, 9.17) is 9.84 Å². The Morgan fingerprint density at radius 1 is 1.37 bits per heavy atom. The molecular weight excluding hydrogens is 260 g/mol. The van der Waals surface area contributed by atoms with E-state index in [9.17, 15) is 4.79 Å². The first kappa shape index (κ1) is 13.4. The van der Waals surface area contributed by atoms with Gasteiger partial charge in [-0.3, -0.25) is 0 Å². The van der Waals surface area contributed by atoms with Crippen LogP contribution in [0.25, 0.3) is 6.08 Å². The average molecular weight is 274 g/mol. The number of ether oxygens (including phenoxy) is 1. The lowest BCUT2D eigenvalue weighted by Gasteiger charge is -2.08. The zero-order valence-corrected chi connectivity index (χ0v) is 11.3. The van der Waals surface area contributed by atoms with E-state index in [2.05, 4.69) is 0 Å². The molecule has 0 spiro atoms. The van der Waals surface area contributed by atoms with Gasteiger partial charge in [-0.25, -0.2) is 4.79 Å². The molecule has 4 heteroatoms. The van der Waals surface area contributed by atoms with E-state index < -0.39 is 5.97 Å². The third-order valence-electron chi connectivity index (χ3n) is 2.64. The molecule has 0 atom stereocenters. The Balaban J connectivity index is 2.06. The molecule has 2 rings (SSSR count). The molecule has 0 fully saturated rings. The van der Waals surface area contributed by atoms with Crippen LogP contribution >= 0.6 is 11.3 Å². The maximum atomic E-state index is 10.5. The van der Waals surface area contributed by atoms with Crippen LogP contribution in [0.2, 0.25) is 0 Å². The molecule has 1 heterocycles. The van der Waals surface area contributed by atoms with E-state index in [-0.39, 0.29) is 0 Å². The minimum Gasteiger partial charge on any atom is -0.488 e. The number of hydrogen-bond donors (Lipinski definition) is 1. The number of thiophene rings is 1. The lowest BCUT2D eigenvalue weighted by Crippen LogP contribution is -1.96. The van der Waals surface area contributed by atoms with E-state index in [0.29, 0.717) is 6.61 Å². The lowest BCUT2D eigenvalue weighted by atomic mass is 10.2. The van der Waals surface area contributed by atoms with Crippen LogP contribution in [0.15, 0.2) is 41.8 Å². The van der Waals surface area contributed by atoms with Crippen molar-refractivity contribution in [1.29, 1.82) is 0 Å². The summed E-state index contributed by atoms with van der Waals surface area (Å²) < 4.78 is 5.76. The molecule has 1 N–H and O–H groups in total. The second-order valence-corrected chi connectivity index (χ2v) is 5.03. The fraction of sp³-hybridized carbons (Fsp3) is 0.133. The predicted octanol–water partition coefficient (Wildman–Crippen LogP) is 3.73. The van der Waals surface area contributed by atoms with Crippen molar-refractivity contribution < 1.29 is 14.6 Å². The number of carbonyl (C=O) groups is 1. The summed E-state index contributed by atoms with van der Waals surface area (Å²) in [6.45, 7) is 2.44. The molecule has 0 aliphatic carbocycles. The first-order valence-corrected chi connectivity index (χ1v) is 6.70. The molecule has 1 aromatic heterocycles. The molecule has 2 aromatic rings. The molecule has 0 unspecified atom stereocenters. The summed E-state index contributed by atoms with van der Waals surface area (Å²) in [6.07, 6.45) is 2.73. The minimum absolute atomic E-state index is 0.446. The van der Waals surface area contributed by atoms with Gasteiger partial charge in [-0.05, 0) is 41.6 Å². The topological polar surface area (TPSA) is 46.5 Å². The van der Waals surface area contributed by atoms with Gasteiger partial charge in [0.05, 0.1) is 0 Å². The van der Waals surface area contributed by atoms with Crippen LogP contribution in [0.4, 0.5) is 0 Å². The van der Waals surface area contributed by atoms with Gasteiger partial charge in [-0.15, -0.1) is 11.3 Å². The Labute approximate surface area is 115 Å². The third-order valence-corrected chi connectivity index (χ3v) is 3.55. The number of benzene rings is 1. The molecule has 1 aromatic carbocycles. The molecule has 98 valence electrons. The van der Waals surface area contributed by atoms with Crippen molar-refractivity contribution in [1.82, 2.24) is 0 Å². The highest BCUT2D eigenvalue weighted by Gasteiger charge is 2.04. The van der Waals surface area contributed by atoms with Crippen LogP contribution < -0.4 is 4.74 Å². The van der Waals surface area contributed by atoms with Gasteiger partial charge < -0.3 is 9.84 Å². The number of carboxylic acid groups (broad SMARTS) is 1. The zero-order valence-electron chi connectivity index (χ0n) is 10.5. The average Bonchev–Trinajstić information content (AvgIpc) is 2.83. The number of carboxylic acids is 1. The number of aryl methyl sites for hydroxylation is 1. The zero-order chi connectivity index (χ0) is 13.7. The Kier molecular flexibility index (Phi) is 4.36. The molecule has 0 saturated heterocycles. The number of aliphatic carboxylic acids is 1. The molecule has 0 aliphatic rings. The summed E-state index contributed by atoms with van der Waals surface area (Å²) >= 11 is 1.56. The van der Waals surface area contributed by atoms with Crippen LogP contribution in [0, 0.1) is 6.92 Å². The Morgan fingerprint density at radius 2 is 2.16 bits per heavy atom. The molecule has 0 bridgehead atoms. The standard InChI is InChI=1S/C15H14O3S/c1-11-4-2-3-5-13(11)18-10-14-12(8-9-19-14)6-7-15(16)17/h2-9H,10H2,1H3,(H,16,17). The monoisotopic (exact) mass is 274 g/mol. The smallest absolute Gasteiger partial charge is 0.328 e. The second-order valence-electron chi connectivity index (χ2n) is 4.02. The van der Waals surface area contributed by atoms with Crippen LogP contribution in [0.1, 0.15) is 16.0 Å². The maximum Gasteiger partial charge on any atom is 0.328 e. The Bertz CT molecular complexity index is 599. The van der Waals surface area contributed by atoms with E-state index in [1.165, 1.54) is 0 Å². The summed E-state index contributed by atoms with van der Waals surface area (Å²) in [5.74, 6) is -0.0963. The minimum atomic E-state index is -0.947. The highest BCUT2D eigenvalue weighted by Crippen LogP contribution is 2.23. The number of rotatable bonds is 5. The first-order valence-electron chi connectivity index (χ1n) is 5.82. The number of para-hydroxylation sites is 1. The second kappa shape index (κ2) is 6.20. The Hall–Kier alpha value is -2.07. The van der Waals surface area contributed by atoms with Gasteiger partial charge in [0.1, 0.15) is 12.4 Å². The molecule has 0 saturated carbocycles. The van der Waals surface area contributed by atoms with Crippen molar-refractivity contribution in [3.63, 3.8) is 0 Å². The summed E-state index contributed by atoms with van der Waals surface area (Å²) in [5.41, 5.74) is 1.97. The van der Waals surface area contributed by atoms with Gasteiger partial charge in [0.15, 0.2) is 0 Å². The summed E-state index contributed by atoms with van der Waals surface area (Å²) in [5, 5.41) is 10.6. The first-order chi connectivity index (χ1) is 9.16. The summed E-state index contributed by atoms with van der Waals surface area (Å²) in [7, 11) is 0. The van der Waals surface area contributed by atoms with Gasteiger partial charge in [0.2, 0.25) is 0 Å². The van der Waals surface area contributed by atoms with E-state index in [1.807, 2.05) is 42.6 Å². The SMILES string of the molecule is Cc1ccccc1OCc1sccc1C=CC(=O)O. The molecule has 19 heavy (non-hydrogen) atoms. The third kappa shape index (κ3) is 3.69. The van der Waals surface area contributed by atoms with Gasteiger partial charge in [0, 0.05) is 11.0 Å². The highest BCUT2D eigenvalue weighted by atomic mass is 32.1. The molecule has 0 radical (unpaired) electrons.